The maximum Gasteiger partial charge on any atom is 0.267 e. The molecule has 0 bridgehead atoms. The lowest BCUT2D eigenvalue weighted by molar-refractivity contribution is 0.0610. The summed E-state index contributed by atoms with van der Waals surface area (Å²) < 4.78 is 0. The predicted octanol–water partition coefficient (Wildman–Crippen LogP) is 1.23. The summed E-state index contributed by atoms with van der Waals surface area (Å²) in [6, 6.07) is 4.93. The van der Waals surface area contributed by atoms with E-state index in [0.29, 0.717) is 18.5 Å². The lowest BCUT2D eigenvalue weighted by atomic mass is 9.85. The Hall–Kier alpha value is -1.86. The number of hydrogen-bond acceptors (Lipinski definition) is 3. The van der Waals surface area contributed by atoms with Crippen LogP contribution in [0, 0.1) is 11.8 Å². The minimum absolute atomic E-state index is 0.192. The molecule has 1 saturated carbocycles. The van der Waals surface area contributed by atoms with Crippen LogP contribution in [-0.4, -0.2) is 21.6 Å². The number of rotatable bonds is 1. The maximum atomic E-state index is 11.0. The van der Waals surface area contributed by atoms with Crippen molar-refractivity contribution in [1.82, 2.24) is 4.98 Å². The summed E-state index contributed by atoms with van der Waals surface area (Å²) in [4.78, 5) is 15.0. The summed E-state index contributed by atoms with van der Waals surface area (Å²) in [5.74, 6) is 5.13. The molecule has 94 valence electrons. The molecule has 0 aromatic carbocycles. The van der Waals surface area contributed by atoms with Crippen LogP contribution in [0.3, 0.4) is 0 Å². The lowest BCUT2D eigenvalue weighted by Gasteiger charge is -2.26. The predicted molar refractivity (Wildman–Crippen MR) is 67.7 cm³/mol. The van der Waals surface area contributed by atoms with Crippen molar-refractivity contribution < 1.29 is 9.90 Å². The number of carbonyl (C=O) groups excluding carboxylic acids is 1. The molecule has 0 unspecified atom stereocenters. The molecule has 3 N–H and O–H groups in total. The Kier molecular flexibility index (Phi) is 3.63. The Morgan fingerprint density at radius 1 is 1.33 bits per heavy atom. The molecule has 1 fully saturated rings. The second-order valence-electron chi connectivity index (χ2n) is 4.61. The van der Waals surface area contributed by atoms with Gasteiger partial charge in [-0.25, -0.2) is 4.98 Å². The SMILES string of the molecule is NC(=O)c1cccc(C#CC2(O)CCCCC2)n1. The zero-order valence-corrected chi connectivity index (χ0v) is 10.1. The van der Waals surface area contributed by atoms with Crippen molar-refractivity contribution in [3.63, 3.8) is 0 Å². The summed E-state index contributed by atoms with van der Waals surface area (Å²) in [6.07, 6.45) is 4.56. The third kappa shape index (κ3) is 3.08. The van der Waals surface area contributed by atoms with Crippen LogP contribution in [0.1, 0.15) is 48.3 Å². The molecule has 1 aliphatic rings. The van der Waals surface area contributed by atoms with Crippen LogP contribution in [0.15, 0.2) is 18.2 Å². The normalized spacial score (nSPS) is 17.6. The summed E-state index contributed by atoms with van der Waals surface area (Å²) in [6.45, 7) is 0. The van der Waals surface area contributed by atoms with Crippen LogP contribution < -0.4 is 5.73 Å². The highest BCUT2D eigenvalue weighted by Crippen LogP contribution is 2.27. The van der Waals surface area contributed by atoms with Crippen LogP contribution in [0.25, 0.3) is 0 Å². The Labute approximate surface area is 106 Å². The van der Waals surface area contributed by atoms with E-state index in [-0.39, 0.29) is 5.69 Å². The largest absolute Gasteiger partial charge is 0.378 e. The van der Waals surface area contributed by atoms with Crippen molar-refractivity contribution in [2.75, 3.05) is 0 Å². The van der Waals surface area contributed by atoms with Crippen LogP contribution >= 0.6 is 0 Å². The Balaban J connectivity index is 2.18. The first-order chi connectivity index (χ1) is 8.59. The van der Waals surface area contributed by atoms with E-state index < -0.39 is 11.5 Å². The summed E-state index contributed by atoms with van der Waals surface area (Å²) in [5, 5.41) is 10.2. The van der Waals surface area contributed by atoms with E-state index in [0.717, 1.165) is 19.3 Å². The van der Waals surface area contributed by atoms with Gasteiger partial charge in [-0.15, -0.1) is 0 Å². The monoisotopic (exact) mass is 244 g/mol. The van der Waals surface area contributed by atoms with Gasteiger partial charge in [-0.05, 0) is 43.7 Å². The lowest BCUT2D eigenvalue weighted by Crippen LogP contribution is -2.29. The first-order valence-electron chi connectivity index (χ1n) is 6.11. The van der Waals surface area contributed by atoms with Gasteiger partial charge < -0.3 is 10.8 Å². The first-order valence-corrected chi connectivity index (χ1v) is 6.11. The van der Waals surface area contributed by atoms with Crippen molar-refractivity contribution in [3.8, 4) is 11.8 Å². The first kappa shape index (κ1) is 12.6. The van der Waals surface area contributed by atoms with Gasteiger partial charge in [0, 0.05) is 0 Å². The van der Waals surface area contributed by atoms with Gasteiger partial charge in [0.1, 0.15) is 17.0 Å². The molecular formula is C14H16N2O2. The van der Waals surface area contributed by atoms with E-state index in [1.807, 2.05) is 0 Å². The summed E-state index contributed by atoms with van der Waals surface area (Å²) >= 11 is 0. The Morgan fingerprint density at radius 3 is 2.72 bits per heavy atom. The topological polar surface area (TPSA) is 76.2 Å². The minimum atomic E-state index is -0.900. The van der Waals surface area contributed by atoms with Crippen molar-refractivity contribution >= 4 is 5.91 Å². The number of nitrogens with zero attached hydrogens (tertiary/aromatic N) is 1. The van der Waals surface area contributed by atoms with E-state index >= 15 is 0 Å². The fraction of sp³-hybridized carbons (Fsp3) is 0.429. The molecule has 4 heteroatoms. The fourth-order valence-electron chi connectivity index (χ4n) is 2.08. The third-order valence-electron chi connectivity index (χ3n) is 3.11. The average Bonchev–Trinajstić information content (AvgIpc) is 2.38. The second-order valence-corrected chi connectivity index (χ2v) is 4.61. The van der Waals surface area contributed by atoms with Crippen LogP contribution in [0.5, 0.6) is 0 Å². The van der Waals surface area contributed by atoms with Crippen LogP contribution in [0.2, 0.25) is 0 Å². The van der Waals surface area contributed by atoms with Crippen molar-refractivity contribution in [3.05, 3.63) is 29.6 Å². The fourth-order valence-corrected chi connectivity index (χ4v) is 2.08. The average molecular weight is 244 g/mol. The molecule has 0 spiro atoms. The van der Waals surface area contributed by atoms with Crippen LogP contribution in [-0.2, 0) is 0 Å². The molecule has 1 aromatic heterocycles. The van der Waals surface area contributed by atoms with Gasteiger partial charge >= 0.3 is 0 Å². The highest BCUT2D eigenvalue weighted by molar-refractivity contribution is 5.90. The number of pyridine rings is 1. The molecule has 4 nitrogen and oxygen atoms in total. The van der Waals surface area contributed by atoms with E-state index in [1.54, 1.807) is 18.2 Å². The molecule has 0 saturated heterocycles. The molecule has 18 heavy (non-hydrogen) atoms. The molecule has 0 aliphatic heterocycles. The molecule has 0 atom stereocenters. The standard InChI is InChI=1S/C14H16N2O2/c15-13(17)12-6-4-5-11(16-12)7-10-14(18)8-2-1-3-9-14/h4-6,18H,1-3,8-9H2,(H2,15,17). The van der Waals surface area contributed by atoms with Gasteiger partial charge in [0.25, 0.3) is 5.91 Å². The van der Waals surface area contributed by atoms with E-state index in [1.165, 1.54) is 0 Å². The van der Waals surface area contributed by atoms with Crippen LogP contribution in [0.4, 0.5) is 0 Å². The zero-order valence-electron chi connectivity index (χ0n) is 10.1. The molecule has 1 amide bonds. The number of aliphatic hydroxyl groups is 1. The summed E-state index contributed by atoms with van der Waals surface area (Å²) in [5.41, 5.74) is 4.90. The van der Waals surface area contributed by atoms with E-state index in [2.05, 4.69) is 16.8 Å². The van der Waals surface area contributed by atoms with Gasteiger partial charge in [0.15, 0.2) is 0 Å². The molecular weight excluding hydrogens is 228 g/mol. The Bertz CT molecular complexity index is 508. The number of carbonyl (C=O) groups is 1. The highest BCUT2D eigenvalue weighted by atomic mass is 16.3. The van der Waals surface area contributed by atoms with Crippen molar-refractivity contribution in [2.45, 2.75) is 37.7 Å². The van der Waals surface area contributed by atoms with E-state index in [9.17, 15) is 9.90 Å². The second kappa shape index (κ2) is 5.19. The molecule has 2 rings (SSSR count). The van der Waals surface area contributed by atoms with Gasteiger partial charge in [-0.2, -0.15) is 0 Å². The maximum absolute atomic E-state index is 11.0. The number of nitrogens with two attached hydrogens (primary N) is 1. The van der Waals surface area contributed by atoms with Gasteiger partial charge in [0.05, 0.1) is 0 Å². The molecule has 0 radical (unpaired) electrons. The number of hydrogen-bond donors (Lipinski definition) is 2. The molecule has 1 heterocycles. The van der Waals surface area contributed by atoms with Gasteiger partial charge in [0.2, 0.25) is 0 Å². The van der Waals surface area contributed by atoms with E-state index in [4.69, 9.17) is 5.73 Å². The highest BCUT2D eigenvalue weighted by Gasteiger charge is 2.26. The smallest absolute Gasteiger partial charge is 0.267 e. The Morgan fingerprint density at radius 2 is 2.06 bits per heavy atom. The molecule has 1 aromatic rings. The number of amides is 1. The number of primary amides is 1. The number of aromatic nitrogens is 1. The zero-order chi connectivity index (χ0) is 13.0. The minimum Gasteiger partial charge on any atom is -0.378 e. The van der Waals surface area contributed by atoms with Gasteiger partial charge in [-0.3, -0.25) is 4.79 Å². The third-order valence-corrected chi connectivity index (χ3v) is 3.11. The van der Waals surface area contributed by atoms with Crippen molar-refractivity contribution in [1.29, 1.82) is 0 Å². The quantitative estimate of drug-likeness (QED) is 0.729. The van der Waals surface area contributed by atoms with Crippen molar-refractivity contribution in [2.24, 2.45) is 5.73 Å². The van der Waals surface area contributed by atoms with Gasteiger partial charge in [-0.1, -0.05) is 18.4 Å². The summed E-state index contributed by atoms with van der Waals surface area (Å²) in [7, 11) is 0. The molecule has 1 aliphatic carbocycles.